The molecular formula is C21H28N4O3S. The minimum Gasteiger partial charge on any atom is -0.493 e. The van der Waals surface area contributed by atoms with Crippen LogP contribution in [-0.4, -0.2) is 70.6 Å². The summed E-state index contributed by atoms with van der Waals surface area (Å²) >= 11 is 1.69. The summed E-state index contributed by atoms with van der Waals surface area (Å²) in [5.41, 5.74) is 2.69. The van der Waals surface area contributed by atoms with Crippen molar-refractivity contribution < 1.29 is 14.6 Å². The minimum atomic E-state index is 0.170. The summed E-state index contributed by atoms with van der Waals surface area (Å²) < 4.78 is 13.5. The summed E-state index contributed by atoms with van der Waals surface area (Å²) in [5, 5.41) is 9.87. The maximum Gasteiger partial charge on any atom is 0.174 e. The molecule has 0 saturated carbocycles. The van der Waals surface area contributed by atoms with Crippen LogP contribution in [0.2, 0.25) is 0 Å². The molecule has 0 fully saturated rings. The molecule has 7 nitrogen and oxygen atoms in total. The number of hydrogen-bond acceptors (Lipinski definition) is 7. The second-order valence-electron chi connectivity index (χ2n) is 6.61. The highest BCUT2D eigenvalue weighted by Gasteiger charge is 2.12. The standard InChI is InChI=1S/C21H28N4O3S/c1-4-29-21-23-17(15-20-22-8-10-25(20)21)16-6-7-18(19(14-16)27-3)28-13-5-9-24(2)11-12-26/h6-8,10,14-15,26H,4-5,9,11-13H2,1-3H3. The average Bonchev–Trinajstić information content (AvgIpc) is 3.20. The summed E-state index contributed by atoms with van der Waals surface area (Å²) in [4.78, 5) is 11.3. The Balaban J connectivity index is 1.75. The van der Waals surface area contributed by atoms with Gasteiger partial charge in [-0.3, -0.25) is 4.40 Å². The van der Waals surface area contributed by atoms with Gasteiger partial charge in [-0.1, -0.05) is 18.7 Å². The summed E-state index contributed by atoms with van der Waals surface area (Å²) in [6.07, 6.45) is 4.59. The highest BCUT2D eigenvalue weighted by molar-refractivity contribution is 7.99. The molecule has 1 aromatic carbocycles. The number of methoxy groups -OCH3 is 1. The Bertz CT molecular complexity index is 931. The van der Waals surface area contributed by atoms with E-state index in [-0.39, 0.29) is 6.61 Å². The van der Waals surface area contributed by atoms with E-state index in [1.165, 1.54) is 0 Å². The van der Waals surface area contributed by atoms with E-state index in [2.05, 4.69) is 16.8 Å². The van der Waals surface area contributed by atoms with Crippen molar-refractivity contribution in [1.29, 1.82) is 0 Å². The molecule has 0 aliphatic heterocycles. The van der Waals surface area contributed by atoms with E-state index >= 15 is 0 Å². The number of benzene rings is 1. The van der Waals surface area contributed by atoms with Crippen LogP contribution in [0.25, 0.3) is 16.9 Å². The van der Waals surface area contributed by atoms with E-state index in [4.69, 9.17) is 19.6 Å². The first-order valence-electron chi connectivity index (χ1n) is 9.73. The zero-order valence-electron chi connectivity index (χ0n) is 17.2. The molecule has 0 radical (unpaired) electrons. The maximum atomic E-state index is 8.95. The summed E-state index contributed by atoms with van der Waals surface area (Å²) in [6.45, 7) is 4.40. The number of aliphatic hydroxyl groups is 1. The third-order valence-electron chi connectivity index (χ3n) is 4.51. The van der Waals surface area contributed by atoms with Crippen LogP contribution in [-0.2, 0) is 0 Å². The summed E-state index contributed by atoms with van der Waals surface area (Å²) in [7, 11) is 3.63. The molecule has 0 spiro atoms. The predicted molar refractivity (Wildman–Crippen MR) is 116 cm³/mol. The van der Waals surface area contributed by atoms with Crippen LogP contribution in [0, 0.1) is 0 Å². The summed E-state index contributed by atoms with van der Waals surface area (Å²) in [5.74, 6) is 2.33. The number of aromatic nitrogens is 3. The van der Waals surface area contributed by atoms with Gasteiger partial charge in [-0.25, -0.2) is 9.97 Å². The van der Waals surface area contributed by atoms with E-state index in [9.17, 15) is 0 Å². The van der Waals surface area contributed by atoms with Crippen LogP contribution < -0.4 is 9.47 Å². The van der Waals surface area contributed by atoms with Gasteiger partial charge in [-0.15, -0.1) is 0 Å². The molecule has 0 unspecified atom stereocenters. The molecule has 0 aliphatic carbocycles. The van der Waals surface area contributed by atoms with Gasteiger partial charge in [0.05, 0.1) is 26.0 Å². The number of hydrogen-bond donors (Lipinski definition) is 1. The SMILES string of the molecule is CCSc1nc(-c2ccc(OCCCN(C)CCO)c(OC)c2)cc2nccn12. The van der Waals surface area contributed by atoms with Crippen molar-refractivity contribution in [2.24, 2.45) is 0 Å². The van der Waals surface area contributed by atoms with Crippen molar-refractivity contribution in [3.63, 3.8) is 0 Å². The molecule has 8 heteroatoms. The quantitative estimate of drug-likeness (QED) is 0.292. The van der Waals surface area contributed by atoms with Crippen molar-refractivity contribution in [2.45, 2.75) is 18.5 Å². The Morgan fingerprint density at radius 1 is 1.21 bits per heavy atom. The molecule has 156 valence electrons. The number of fused-ring (bicyclic) bond motifs is 1. The second kappa shape index (κ2) is 10.5. The monoisotopic (exact) mass is 416 g/mol. The first kappa shape index (κ1) is 21.4. The van der Waals surface area contributed by atoms with Crippen LogP contribution >= 0.6 is 11.8 Å². The topological polar surface area (TPSA) is 72.1 Å². The molecule has 0 saturated heterocycles. The first-order chi connectivity index (χ1) is 14.2. The molecule has 29 heavy (non-hydrogen) atoms. The highest BCUT2D eigenvalue weighted by Crippen LogP contribution is 2.33. The predicted octanol–water partition coefficient (Wildman–Crippen LogP) is 3.21. The lowest BCUT2D eigenvalue weighted by atomic mass is 10.1. The van der Waals surface area contributed by atoms with Gasteiger partial charge >= 0.3 is 0 Å². The smallest absolute Gasteiger partial charge is 0.174 e. The molecule has 2 aromatic heterocycles. The number of aliphatic hydroxyl groups excluding tert-OH is 1. The molecule has 2 heterocycles. The lowest BCUT2D eigenvalue weighted by Crippen LogP contribution is -2.24. The molecule has 0 bridgehead atoms. The normalized spacial score (nSPS) is 11.3. The molecule has 0 aliphatic rings. The van der Waals surface area contributed by atoms with Gasteiger partial charge in [0.25, 0.3) is 0 Å². The van der Waals surface area contributed by atoms with Gasteiger partial charge in [-0.2, -0.15) is 0 Å². The highest BCUT2D eigenvalue weighted by atomic mass is 32.2. The van der Waals surface area contributed by atoms with Crippen molar-refractivity contribution >= 4 is 17.4 Å². The van der Waals surface area contributed by atoms with E-state index in [1.807, 2.05) is 41.9 Å². The lowest BCUT2D eigenvalue weighted by molar-refractivity contribution is 0.206. The molecule has 0 amide bonds. The Kier molecular flexibility index (Phi) is 7.74. The van der Waals surface area contributed by atoms with Gasteiger partial charge in [0.2, 0.25) is 0 Å². The molecular weight excluding hydrogens is 388 g/mol. The van der Waals surface area contributed by atoms with Gasteiger partial charge in [0, 0.05) is 37.1 Å². The number of rotatable bonds is 11. The summed E-state index contributed by atoms with van der Waals surface area (Å²) in [6, 6.07) is 7.86. The van der Waals surface area contributed by atoms with Crippen LogP contribution in [0.4, 0.5) is 0 Å². The van der Waals surface area contributed by atoms with Gasteiger partial charge in [-0.05, 0) is 37.4 Å². The number of thioether (sulfide) groups is 1. The fourth-order valence-corrected chi connectivity index (χ4v) is 3.73. The number of ether oxygens (including phenoxy) is 2. The van der Waals surface area contributed by atoms with Crippen LogP contribution in [0.3, 0.4) is 0 Å². The van der Waals surface area contributed by atoms with Gasteiger partial charge in [0.1, 0.15) is 5.65 Å². The van der Waals surface area contributed by atoms with Crippen molar-refractivity contribution in [3.05, 3.63) is 36.7 Å². The Hall–Kier alpha value is -2.29. The zero-order chi connectivity index (χ0) is 20.6. The van der Waals surface area contributed by atoms with Gasteiger partial charge in [0.15, 0.2) is 16.7 Å². The third kappa shape index (κ3) is 5.41. The number of nitrogens with zero attached hydrogens (tertiary/aromatic N) is 4. The Morgan fingerprint density at radius 2 is 2.07 bits per heavy atom. The van der Waals surface area contributed by atoms with E-state index in [1.54, 1.807) is 25.1 Å². The minimum absolute atomic E-state index is 0.170. The van der Waals surface area contributed by atoms with Crippen molar-refractivity contribution in [3.8, 4) is 22.8 Å². The average molecular weight is 417 g/mol. The van der Waals surface area contributed by atoms with Crippen LogP contribution in [0.5, 0.6) is 11.5 Å². The fraction of sp³-hybridized carbons (Fsp3) is 0.429. The number of likely N-dealkylation sites (N-methyl/N-ethyl adjacent to an activating group) is 1. The van der Waals surface area contributed by atoms with Gasteiger partial charge < -0.3 is 19.5 Å². The molecule has 0 atom stereocenters. The molecule has 3 rings (SSSR count). The first-order valence-corrected chi connectivity index (χ1v) is 10.7. The van der Waals surface area contributed by atoms with E-state index in [0.29, 0.717) is 24.7 Å². The maximum absolute atomic E-state index is 8.95. The third-order valence-corrected chi connectivity index (χ3v) is 5.35. The number of imidazole rings is 1. The zero-order valence-corrected chi connectivity index (χ0v) is 18.0. The Morgan fingerprint density at radius 3 is 2.83 bits per heavy atom. The molecule has 1 N–H and O–H groups in total. The van der Waals surface area contributed by atoms with Crippen LogP contribution in [0.1, 0.15) is 13.3 Å². The van der Waals surface area contributed by atoms with Crippen molar-refractivity contribution in [2.75, 3.05) is 46.2 Å². The fourth-order valence-electron chi connectivity index (χ4n) is 3.02. The molecule has 3 aromatic rings. The lowest BCUT2D eigenvalue weighted by Gasteiger charge is -2.16. The van der Waals surface area contributed by atoms with E-state index < -0.39 is 0 Å². The Labute approximate surface area is 175 Å². The van der Waals surface area contributed by atoms with Crippen molar-refractivity contribution in [1.82, 2.24) is 19.3 Å². The van der Waals surface area contributed by atoms with E-state index in [0.717, 1.165) is 40.8 Å². The largest absolute Gasteiger partial charge is 0.493 e. The second-order valence-corrected chi connectivity index (χ2v) is 7.84. The van der Waals surface area contributed by atoms with Crippen LogP contribution in [0.15, 0.2) is 41.8 Å².